The number of hydrogen-bond acceptors (Lipinski definition) is 8. The molecule has 1 aromatic carbocycles. The predicted octanol–water partition coefficient (Wildman–Crippen LogP) is 2.48. The quantitative estimate of drug-likeness (QED) is 0.457. The molecular formula is C25H31N7O5. The Bertz CT molecular complexity index is 1360. The van der Waals surface area contributed by atoms with Gasteiger partial charge in [0.1, 0.15) is 11.3 Å². The molecule has 3 aromatic rings. The molecule has 0 bridgehead atoms. The lowest BCUT2D eigenvalue weighted by molar-refractivity contribution is 0.0690. The zero-order valence-electron chi connectivity index (χ0n) is 21.5. The third-order valence-electron chi connectivity index (χ3n) is 6.12. The second-order valence-electron chi connectivity index (χ2n) is 9.31. The monoisotopic (exact) mass is 509 g/mol. The SMILES string of the molecule is Cc1nn(C)c2ncc(C(=O)NC(=O)Nc3ccc(C(=O)O)c(OC(C)C)c3)c(N3CCN(C)CC3)c12. The molecule has 0 atom stereocenters. The van der Waals surface area contributed by atoms with Crippen LogP contribution in [0.25, 0.3) is 11.0 Å². The molecule has 37 heavy (non-hydrogen) atoms. The predicted molar refractivity (Wildman–Crippen MR) is 139 cm³/mol. The molecule has 1 aliphatic rings. The lowest BCUT2D eigenvalue weighted by atomic mass is 10.1. The van der Waals surface area contributed by atoms with E-state index in [0.29, 0.717) is 24.4 Å². The smallest absolute Gasteiger partial charge is 0.339 e. The highest BCUT2D eigenvalue weighted by Gasteiger charge is 2.27. The first-order valence-electron chi connectivity index (χ1n) is 12.0. The normalized spacial score (nSPS) is 14.2. The van der Waals surface area contributed by atoms with Crippen molar-refractivity contribution in [2.45, 2.75) is 26.9 Å². The molecule has 4 rings (SSSR count). The molecule has 12 nitrogen and oxygen atoms in total. The van der Waals surface area contributed by atoms with Crippen LogP contribution in [0.2, 0.25) is 0 Å². The van der Waals surface area contributed by atoms with E-state index in [2.05, 4.69) is 30.5 Å². The molecular weight excluding hydrogens is 478 g/mol. The summed E-state index contributed by atoms with van der Waals surface area (Å²) >= 11 is 0. The zero-order valence-corrected chi connectivity index (χ0v) is 21.5. The van der Waals surface area contributed by atoms with Gasteiger partial charge in [-0.25, -0.2) is 14.6 Å². The molecule has 0 saturated carbocycles. The van der Waals surface area contributed by atoms with E-state index in [1.54, 1.807) is 25.6 Å². The number of carbonyl (C=O) groups excluding carboxylic acids is 2. The number of carboxylic acids is 1. The number of aromatic carboxylic acids is 1. The fourth-order valence-electron chi connectivity index (χ4n) is 4.38. The van der Waals surface area contributed by atoms with Crippen molar-refractivity contribution in [2.75, 3.05) is 43.4 Å². The summed E-state index contributed by atoms with van der Waals surface area (Å²) < 4.78 is 7.26. The highest BCUT2D eigenvalue weighted by atomic mass is 16.5. The number of piperazine rings is 1. The summed E-state index contributed by atoms with van der Waals surface area (Å²) in [5, 5.41) is 19.6. The molecule has 0 unspecified atom stereocenters. The number of fused-ring (bicyclic) bond motifs is 1. The molecule has 1 saturated heterocycles. The highest BCUT2D eigenvalue weighted by Crippen LogP contribution is 2.32. The van der Waals surface area contributed by atoms with Crippen molar-refractivity contribution >= 4 is 40.3 Å². The number of amides is 3. The van der Waals surface area contributed by atoms with E-state index in [1.165, 1.54) is 24.4 Å². The van der Waals surface area contributed by atoms with Crippen LogP contribution >= 0.6 is 0 Å². The summed E-state index contributed by atoms with van der Waals surface area (Å²) in [6.07, 6.45) is 1.20. The van der Waals surface area contributed by atoms with Crippen LogP contribution < -0.4 is 20.3 Å². The number of imide groups is 1. The number of aromatic nitrogens is 3. The van der Waals surface area contributed by atoms with Crippen LogP contribution in [0, 0.1) is 6.92 Å². The number of likely N-dealkylation sites (N-methyl/N-ethyl adjacent to an activating group) is 1. The van der Waals surface area contributed by atoms with Gasteiger partial charge in [0, 0.05) is 51.2 Å². The number of carboxylic acid groups (broad SMARTS) is 1. The van der Waals surface area contributed by atoms with Gasteiger partial charge in [-0.05, 0) is 40.0 Å². The van der Waals surface area contributed by atoms with Crippen molar-refractivity contribution < 1.29 is 24.2 Å². The molecule has 3 amide bonds. The van der Waals surface area contributed by atoms with Crippen molar-refractivity contribution in [2.24, 2.45) is 7.05 Å². The number of benzene rings is 1. The van der Waals surface area contributed by atoms with Gasteiger partial charge in [0.05, 0.1) is 28.4 Å². The van der Waals surface area contributed by atoms with Crippen molar-refractivity contribution in [1.82, 2.24) is 25.0 Å². The number of ether oxygens (including phenoxy) is 1. The van der Waals surface area contributed by atoms with E-state index < -0.39 is 17.9 Å². The number of nitrogens with zero attached hydrogens (tertiary/aromatic N) is 5. The van der Waals surface area contributed by atoms with Gasteiger partial charge in [-0.15, -0.1) is 0 Å². The maximum absolute atomic E-state index is 13.3. The number of rotatable bonds is 6. The maximum atomic E-state index is 13.3. The minimum atomic E-state index is -1.15. The molecule has 2 aromatic heterocycles. The number of anilines is 2. The summed E-state index contributed by atoms with van der Waals surface area (Å²) in [7, 11) is 3.85. The van der Waals surface area contributed by atoms with Crippen LogP contribution in [0.1, 0.15) is 40.3 Å². The summed E-state index contributed by atoms with van der Waals surface area (Å²) in [5.41, 5.74) is 2.62. The van der Waals surface area contributed by atoms with Crippen LogP contribution in [0.15, 0.2) is 24.4 Å². The second-order valence-corrected chi connectivity index (χ2v) is 9.31. The van der Waals surface area contributed by atoms with Gasteiger partial charge in [0.2, 0.25) is 0 Å². The van der Waals surface area contributed by atoms with E-state index >= 15 is 0 Å². The number of aryl methyl sites for hydroxylation is 2. The summed E-state index contributed by atoms with van der Waals surface area (Å²) in [5.74, 6) is -1.64. The molecule has 0 radical (unpaired) electrons. The van der Waals surface area contributed by atoms with Crippen molar-refractivity contribution in [3.8, 4) is 5.75 Å². The van der Waals surface area contributed by atoms with E-state index in [1.807, 2.05) is 14.0 Å². The van der Waals surface area contributed by atoms with Crippen LogP contribution in [-0.2, 0) is 7.05 Å². The van der Waals surface area contributed by atoms with Gasteiger partial charge in [0.25, 0.3) is 5.91 Å². The Balaban J connectivity index is 1.60. The van der Waals surface area contributed by atoms with E-state index in [4.69, 9.17) is 4.74 Å². The number of nitrogens with one attached hydrogen (secondary N) is 2. The fraction of sp³-hybridized carbons (Fsp3) is 0.400. The molecule has 0 spiro atoms. The van der Waals surface area contributed by atoms with Crippen LogP contribution in [0.5, 0.6) is 5.75 Å². The number of carbonyl (C=O) groups is 3. The summed E-state index contributed by atoms with van der Waals surface area (Å²) in [4.78, 5) is 46.4. The zero-order chi connectivity index (χ0) is 26.9. The van der Waals surface area contributed by atoms with E-state index in [9.17, 15) is 19.5 Å². The van der Waals surface area contributed by atoms with E-state index in [0.717, 1.165) is 24.2 Å². The number of urea groups is 1. The Hall–Kier alpha value is -4.19. The van der Waals surface area contributed by atoms with E-state index in [-0.39, 0.29) is 28.7 Å². The van der Waals surface area contributed by atoms with Crippen LogP contribution in [-0.4, -0.2) is 82.0 Å². The third-order valence-corrected chi connectivity index (χ3v) is 6.12. The first-order valence-corrected chi connectivity index (χ1v) is 12.0. The van der Waals surface area contributed by atoms with Crippen molar-refractivity contribution in [1.29, 1.82) is 0 Å². The van der Waals surface area contributed by atoms with Gasteiger partial charge in [-0.2, -0.15) is 5.10 Å². The van der Waals surface area contributed by atoms with Gasteiger partial charge < -0.3 is 25.0 Å². The van der Waals surface area contributed by atoms with Gasteiger partial charge in [0.15, 0.2) is 5.65 Å². The highest BCUT2D eigenvalue weighted by molar-refractivity contribution is 6.14. The Morgan fingerprint density at radius 3 is 2.43 bits per heavy atom. The lowest BCUT2D eigenvalue weighted by Gasteiger charge is -2.35. The largest absolute Gasteiger partial charge is 0.490 e. The molecule has 3 N–H and O–H groups in total. The molecule has 3 heterocycles. The molecule has 0 aliphatic carbocycles. The summed E-state index contributed by atoms with van der Waals surface area (Å²) in [6, 6.07) is 3.42. The molecule has 1 fully saturated rings. The number of pyridine rings is 1. The standard InChI is InChI=1S/C25H31N7O5/c1-14(2)37-19-12-16(6-7-17(19)24(34)35)27-25(36)28-23(33)18-13-26-22-20(15(3)29-31(22)5)21(18)32-10-8-30(4)9-11-32/h6-7,12-14H,8-11H2,1-5H3,(H,34,35)(H2,27,28,33,36). The molecule has 1 aliphatic heterocycles. The maximum Gasteiger partial charge on any atom is 0.339 e. The van der Waals surface area contributed by atoms with Crippen molar-refractivity contribution in [3.05, 3.63) is 41.2 Å². The first-order chi connectivity index (χ1) is 17.5. The Morgan fingerprint density at radius 1 is 1.08 bits per heavy atom. The molecule has 12 heteroatoms. The summed E-state index contributed by atoms with van der Waals surface area (Å²) in [6.45, 7) is 8.49. The average molecular weight is 510 g/mol. The third kappa shape index (κ3) is 5.48. The van der Waals surface area contributed by atoms with Gasteiger partial charge >= 0.3 is 12.0 Å². The molecule has 196 valence electrons. The second kappa shape index (κ2) is 10.4. The average Bonchev–Trinajstić information content (AvgIpc) is 3.12. The minimum Gasteiger partial charge on any atom is -0.490 e. The minimum absolute atomic E-state index is 0.0289. The Kier molecular flexibility index (Phi) is 7.30. The lowest BCUT2D eigenvalue weighted by Crippen LogP contribution is -2.45. The topological polar surface area (TPSA) is 142 Å². The Labute approximate surface area is 214 Å². The van der Waals surface area contributed by atoms with Gasteiger partial charge in [-0.1, -0.05) is 0 Å². The fourth-order valence-corrected chi connectivity index (χ4v) is 4.38. The first kappa shape index (κ1) is 25.9. The van der Waals surface area contributed by atoms with Gasteiger partial charge in [-0.3, -0.25) is 14.8 Å². The Morgan fingerprint density at radius 2 is 1.78 bits per heavy atom. The van der Waals surface area contributed by atoms with Crippen molar-refractivity contribution in [3.63, 3.8) is 0 Å². The van der Waals surface area contributed by atoms with Crippen LogP contribution in [0.3, 0.4) is 0 Å². The number of hydrogen-bond donors (Lipinski definition) is 3. The van der Waals surface area contributed by atoms with Crippen LogP contribution in [0.4, 0.5) is 16.2 Å².